The molecule has 98 valence electrons. The second-order valence-electron chi connectivity index (χ2n) is 5.47. The fourth-order valence-electron chi connectivity index (χ4n) is 1.60. The largest absolute Gasteiger partial charge is 0.347 e. The number of H-pyrrole nitrogens is 1. The van der Waals surface area contributed by atoms with Crippen molar-refractivity contribution in [3.8, 4) is 0 Å². The Labute approximate surface area is 112 Å². The average Bonchev–Trinajstić information content (AvgIpc) is 2.96. The number of nitrogens with one attached hydrogen (secondary N) is 2. The molecule has 2 rings (SSSR count). The number of hydrogen-bond donors (Lipinski definition) is 2. The lowest BCUT2D eigenvalue weighted by molar-refractivity contribution is 0.539. The van der Waals surface area contributed by atoms with Crippen molar-refractivity contribution >= 4 is 11.3 Å². The van der Waals surface area contributed by atoms with Gasteiger partial charge in [0.2, 0.25) is 0 Å². The molecule has 18 heavy (non-hydrogen) atoms. The van der Waals surface area contributed by atoms with Crippen molar-refractivity contribution in [3.63, 3.8) is 0 Å². The molecule has 0 saturated carbocycles. The van der Waals surface area contributed by atoms with Gasteiger partial charge in [-0.05, 0) is 6.92 Å². The van der Waals surface area contributed by atoms with Gasteiger partial charge in [0.25, 0.3) is 0 Å². The average molecular weight is 264 g/mol. The van der Waals surface area contributed by atoms with Crippen molar-refractivity contribution in [2.45, 2.75) is 45.7 Å². The second-order valence-corrected chi connectivity index (χ2v) is 6.33. The lowest BCUT2D eigenvalue weighted by atomic mass is 9.98. The predicted molar refractivity (Wildman–Crippen MR) is 74.7 cm³/mol. The molecule has 0 amide bonds. The van der Waals surface area contributed by atoms with Crippen LogP contribution in [0.3, 0.4) is 0 Å². The third-order valence-corrected chi connectivity index (χ3v) is 4.03. The smallest absolute Gasteiger partial charge is 0.122 e. The molecular weight excluding hydrogens is 244 g/mol. The minimum atomic E-state index is 0.134. The monoisotopic (exact) mass is 264 g/mol. The minimum Gasteiger partial charge on any atom is -0.347 e. The summed E-state index contributed by atoms with van der Waals surface area (Å²) in [6, 6.07) is 0.208. The number of aromatic nitrogens is 3. The highest BCUT2D eigenvalue weighted by atomic mass is 32.1. The Balaban J connectivity index is 1.93. The van der Waals surface area contributed by atoms with Crippen LogP contribution in [0.2, 0.25) is 0 Å². The predicted octanol–water partition coefficient (Wildman–Crippen LogP) is 3.01. The van der Waals surface area contributed by atoms with Crippen LogP contribution in [-0.2, 0) is 12.0 Å². The van der Waals surface area contributed by atoms with Gasteiger partial charge in [0.05, 0.1) is 16.7 Å². The van der Waals surface area contributed by atoms with Crippen LogP contribution in [-0.4, -0.2) is 15.0 Å². The van der Waals surface area contributed by atoms with Gasteiger partial charge in [0.15, 0.2) is 0 Å². The molecule has 0 radical (unpaired) electrons. The molecule has 2 aromatic rings. The molecule has 0 saturated heterocycles. The topological polar surface area (TPSA) is 53.6 Å². The quantitative estimate of drug-likeness (QED) is 0.892. The molecule has 2 aromatic heterocycles. The summed E-state index contributed by atoms with van der Waals surface area (Å²) in [7, 11) is 0. The minimum absolute atomic E-state index is 0.134. The van der Waals surface area contributed by atoms with Crippen molar-refractivity contribution in [3.05, 3.63) is 34.3 Å². The number of nitrogens with zero attached hydrogens (tertiary/aromatic N) is 2. The molecule has 0 spiro atoms. The summed E-state index contributed by atoms with van der Waals surface area (Å²) in [4.78, 5) is 12.0. The van der Waals surface area contributed by atoms with E-state index in [0.717, 1.165) is 18.1 Å². The van der Waals surface area contributed by atoms with Crippen molar-refractivity contribution in [2.24, 2.45) is 0 Å². The van der Waals surface area contributed by atoms with Gasteiger partial charge in [0, 0.05) is 29.7 Å². The zero-order valence-electron chi connectivity index (χ0n) is 11.3. The van der Waals surface area contributed by atoms with E-state index >= 15 is 0 Å². The van der Waals surface area contributed by atoms with E-state index in [-0.39, 0.29) is 11.5 Å². The zero-order chi connectivity index (χ0) is 13.2. The Morgan fingerprint density at radius 1 is 1.44 bits per heavy atom. The van der Waals surface area contributed by atoms with E-state index in [2.05, 4.69) is 53.3 Å². The van der Waals surface area contributed by atoms with Gasteiger partial charge in [-0.1, -0.05) is 20.8 Å². The standard InChI is InChI=1S/C13H20N4S/c1-9(11-14-5-6-15-11)16-7-10-8-18-12(17-10)13(2,3)4/h5-6,8-9,16H,7H2,1-4H3,(H,14,15). The summed E-state index contributed by atoms with van der Waals surface area (Å²) in [5, 5.41) is 6.73. The summed E-state index contributed by atoms with van der Waals surface area (Å²) in [5.41, 5.74) is 1.23. The Kier molecular flexibility index (Phi) is 3.82. The van der Waals surface area contributed by atoms with E-state index in [1.54, 1.807) is 17.5 Å². The highest BCUT2D eigenvalue weighted by Gasteiger charge is 2.18. The van der Waals surface area contributed by atoms with Crippen molar-refractivity contribution < 1.29 is 0 Å². The Bertz CT molecular complexity index is 481. The zero-order valence-corrected chi connectivity index (χ0v) is 12.1. The van der Waals surface area contributed by atoms with E-state index in [1.165, 1.54) is 5.01 Å². The highest BCUT2D eigenvalue weighted by molar-refractivity contribution is 7.09. The molecule has 1 unspecified atom stereocenters. The molecule has 0 aliphatic rings. The normalized spacial score (nSPS) is 13.8. The van der Waals surface area contributed by atoms with E-state index in [0.29, 0.717) is 0 Å². The van der Waals surface area contributed by atoms with E-state index in [9.17, 15) is 0 Å². The van der Waals surface area contributed by atoms with Gasteiger partial charge in [0.1, 0.15) is 5.82 Å². The van der Waals surface area contributed by atoms with Crippen LogP contribution in [0.4, 0.5) is 0 Å². The van der Waals surface area contributed by atoms with E-state index < -0.39 is 0 Å². The van der Waals surface area contributed by atoms with Crippen LogP contribution in [0.5, 0.6) is 0 Å². The maximum Gasteiger partial charge on any atom is 0.122 e. The molecule has 2 N–H and O–H groups in total. The van der Waals surface area contributed by atoms with Gasteiger partial charge in [-0.3, -0.25) is 0 Å². The fourth-order valence-corrected chi connectivity index (χ4v) is 2.51. The number of aromatic amines is 1. The summed E-state index contributed by atoms with van der Waals surface area (Å²) in [6.45, 7) is 9.43. The summed E-state index contributed by atoms with van der Waals surface area (Å²) in [5.74, 6) is 0.960. The van der Waals surface area contributed by atoms with Crippen LogP contribution in [0.1, 0.15) is 50.3 Å². The van der Waals surface area contributed by atoms with Gasteiger partial charge in [-0.15, -0.1) is 11.3 Å². The van der Waals surface area contributed by atoms with Gasteiger partial charge in [-0.25, -0.2) is 9.97 Å². The first-order valence-corrected chi connectivity index (χ1v) is 7.02. The highest BCUT2D eigenvalue weighted by Crippen LogP contribution is 2.25. The first kappa shape index (κ1) is 13.2. The molecule has 0 aliphatic heterocycles. The lowest BCUT2D eigenvalue weighted by Gasteiger charge is -2.14. The first-order chi connectivity index (χ1) is 8.47. The molecule has 0 bridgehead atoms. The molecule has 5 heteroatoms. The first-order valence-electron chi connectivity index (χ1n) is 6.14. The van der Waals surface area contributed by atoms with Gasteiger partial charge < -0.3 is 10.3 Å². The molecular formula is C13H20N4S. The van der Waals surface area contributed by atoms with Crippen molar-refractivity contribution in [1.82, 2.24) is 20.3 Å². The second kappa shape index (κ2) is 5.20. The van der Waals surface area contributed by atoms with Crippen LogP contribution in [0, 0.1) is 0 Å². The third kappa shape index (κ3) is 3.17. The number of hydrogen-bond acceptors (Lipinski definition) is 4. The molecule has 2 heterocycles. The molecule has 0 aromatic carbocycles. The molecule has 0 aliphatic carbocycles. The molecule has 4 nitrogen and oxygen atoms in total. The van der Waals surface area contributed by atoms with Gasteiger partial charge in [-0.2, -0.15) is 0 Å². The lowest BCUT2D eigenvalue weighted by Crippen LogP contribution is -2.19. The van der Waals surface area contributed by atoms with Crippen LogP contribution >= 0.6 is 11.3 Å². The fraction of sp³-hybridized carbons (Fsp3) is 0.538. The van der Waals surface area contributed by atoms with E-state index in [1.807, 2.05) is 6.20 Å². The number of thiazole rings is 1. The van der Waals surface area contributed by atoms with Gasteiger partial charge >= 0.3 is 0 Å². The van der Waals surface area contributed by atoms with Crippen LogP contribution in [0.15, 0.2) is 17.8 Å². The Morgan fingerprint density at radius 2 is 2.22 bits per heavy atom. The molecule has 0 fully saturated rings. The van der Waals surface area contributed by atoms with Crippen molar-refractivity contribution in [1.29, 1.82) is 0 Å². The number of imidazole rings is 1. The summed E-state index contributed by atoms with van der Waals surface area (Å²) in [6.07, 6.45) is 3.61. The summed E-state index contributed by atoms with van der Waals surface area (Å²) < 4.78 is 0. The van der Waals surface area contributed by atoms with Crippen LogP contribution < -0.4 is 5.32 Å². The van der Waals surface area contributed by atoms with Crippen molar-refractivity contribution in [2.75, 3.05) is 0 Å². The Hall–Kier alpha value is -1.20. The maximum atomic E-state index is 4.66. The summed E-state index contributed by atoms with van der Waals surface area (Å²) >= 11 is 1.73. The maximum absolute atomic E-state index is 4.66. The van der Waals surface area contributed by atoms with Crippen LogP contribution in [0.25, 0.3) is 0 Å². The van der Waals surface area contributed by atoms with E-state index in [4.69, 9.17) is 0 Å². The SMILES string of the molecule is CC(NCc1csc(C(C)(C)C)n1)c1ncc[nH]1. The molecule has 1 atom stereocenters. The third-order valence-electron chi connectivity index (χ3n) is 2.71. The number of rotatable bonds is 4. The Morgan fingerprint density at radius 3 is 2.78 bits per heavy atom.